The van der Waals surface area contributed by atoms with Crippen LogP contribution >= 0.6 is 7.60 Å². The van der Waals surface area contributed by atoms with Crippen molar-refractivity contribution in [3.8, 4) is 0 Å². The van der Waals surface area contributed by atoms with E-state index in [1.807, 2.05) is 0 Å². The third-order valence-corrected chi connectivity index (χ3v) is 3.83. The zero-order valence-corrected chi connectivity index (χ0v) is 10.9. The molecule has 0 spiro atoms. The number of carbonyl (C=O) groups excluding carboxylic acids is 1. The first kappa shape index (κ1) is 13.0. The number of fused-ring (bicyclic) bond motifs is 1. The number of nitrogens with zero attached hydrogens (tertiary/aromatic N) is 4. The van der Waals surface area contributed by atoms with E-state index in [0.29, 0.717) is 11.2 Å². The lowest BCUT2D eigenvalue weighted by molar-refractivity contribution is 0.0400. The van der Waals surface area contributed by atoms with Crippen molar-refractivity contribution in [2.75, 3.05) is 12.3 Å². The molecule has 106 valence electrons. The van der Waals surface area contributed by atoms with Gasteiger partial charge in [0.25, 0.3) is 0 Å². The Bertz CT molecular complexity index is 731. The highest BCUT2D eigenvalue weighted by molar-refractivity contribution is 7.70. The number of anilines is 1. The van der Waals surface area contributed by atoms with Crippen LogP contribution in [0.2, 0.25) is 0 Å². The van der Waals surface area contributed by atoms with E-state index in [2.05, 4.69) is 19.5 Å². The SMILES string of the molecule is Nc1ncnc2c1ncn2CC1COP(=O)(O)C(=O)O1. The topological polar surface area (TPSA) is 142 Å². The number of carbonyl (C=O) groups is 1. The molecule has 0 amide bonds. The summed E-state index contributed by atoms with van der Waals surface area (Å²) in [6.07, 6.45) is 2.06. The molecule has 1 fully saturated rings. The summed E-state index contributed by atoms with van der Waals surface area (Å²) >= 11 is 0. The molecule has 0 aliphatic carbocycles. The van der Waals surface area contributed by atoms with Crippen molar-refractivity contribution < 1.29 is 23.5 Å². The van der Waals surface area contributed by atoms with Crippen molar-refractivity contribution >= 4 is 30.3 Å². The van der Waals surface area contributed by atoms with Gasteiger partial charge in [-0.05, 0) is 0 Å². The van der Waals surface area contributed by atoms with Crippen LogP contribution < -0.4 is 5.73 Å². The number of imidazole rings is 1. The lowest BCUT2D eigenvalue weighted by atomic mass is 10.3. The molecule has 20 heavy (non-hydrogen) atoms. The van der Waals surface area contributed by atoms with Crippen LogP contribution in [-0.2, 0) is 20.4 Å². The first-order chi connectivity index (χ1) is 9.47. The van der Waals surface area contributed by atoms with Gasteiger partial charge in [0.2, 0.25) is 0 Å². The van der Waals surface area contributed by atoms with Crippen LogP contribution in [0.5, 0.6) is 0 Å². The highest BCUT2D eigenvalue weighted by atomic mass is 31.2. The lowest BCUT2D eigenvalue weighted by Gasteiger charge is -2.25. The van der Waals surface area contributed by atoms with Gasteiger partial charge in [0.05, 0.1) is 19.5 Å². The highest BCUT2D eigenvalue weighted by Crippen LogP contribution is 2.47. The van der Waals surface area contributed by atoms with Crippen LogP contribution in [0.1, 0.15) is 0 Å². The molecule has 3 rings (SSSR count). The second-order valence-electron chi connectivity index (χ2n) is 4.15. The second-order valence-corrected chi connectivity index (χ2v) is 5.81. The van der Waals surface area contributed by atoms with Crippen molar-refractivity contribution in [1.82, 2.24) is 19.5 Å². The van der Waals surface area contributed by atoms with E-state index in [1.54, 1.807) is 4.57 Å². The molecule has 2 atom stereocenters. The number of nitrogens with two attached hydrogens (primary N) is 1. The van der Waals surface area contributed by atoms with E-state index < -0.39 is 19.4 Å². The van der Waals surface area contributed by atoms with E-state index in [-0.39, 0.29) is 19.0 Å². The molecule has 3 N–H and O–H groups in total. The molecule has 1 aliphatic rings. The molecule has 2 unspecified atom stereocenters. The molecule has 1 aliphatic heterocycles. The van der Waals surface area contributed by atoms with Crippen LogP contribution in [0.3, 0.4) is 0 Å². The maximum atomic E-state index is 11.2. The van der Waals surface area contributed by atoms with Gasteiger partial charge < -0.3 is 19.9 Å². The predicted octanol–water partition coefficient (Wildman–Crippen LogP) is 0.129. The number of rotatable bonds is 2. The Labute approximate surface area is 112 Å². The van der Waals surface area contributed by atoms with Crippen LogP contribution in [0.25, 0.3) is 11.2 Å². The Morgan fingerprint density at radius 1 is 1.50 bits per heavy atom. The standard InChI is InChI=1S/C9H10N5O5P/c10-7-6-8(12-3-11-7)14(4-13-6)1-5-2-18-20(16,17)9(15)19-5/h3-5H,1-2H2,(H,16,17)(H2,10,11,12). The van der Waals surface area contributed by atoms with E-state index in [4.69, 9.17) is 15.4 Å². The van der Waals surface area contributed by atoms with Gasteiger partial charge in [0.15, 0.2) is 11.5 Å². The van der Waals surface area contributed by atoms with Crippen LogP contribution in [0.4, 0.5) is 10.6 Å². The Balaban J connectivity index is 1.83. The summed E-state index contributed by atoms with van der Waals surface area (Å²) in [7, 11) is -4.29. The minimum Gasteiger partial charge on any atom is -0.449 e. The Kier molecular flexibility index (Phi) is 2.93. The van der Waals surface area contributed by atoms with Crippen molar-refractivity contribution in [1.29, 1.82) is 0 Å². The zero-order chi connectivity index (χ0) is 14.3. The summed E-state index contributed by atoms with van der Waals surface area (Å²) in [6, 6.07) is 0. The fourth-order valence-corrected chi connectivity index (χ4v) is 2.58. The monoisotopic (exact) mass is 299 g/mol. The minimum absolute atomic E-state index is 0.179. The summed E-state index contributed by atoms with van der Waals surface area (Å²) in [5, 5.41) is 0. The predicted molar refractivity (Wildman–Crippen MR) is 65.8 cm³/mol. The van der Waals surface area contributed by atoms with E-state index in [0.717, 1.165) is 0 Å². The average Bonchev–Trinajstić information content (AvgIpc) is 2.79. The maximum absolute atomic E-state index is 11.2. The van der Waals surface area contributed by atoms with E-state index in [1.165, 1.54) is 12.7 Å². The Hall–Kier alpha value is -2.03. The van der Waals surface area contributed by atoms with Crippen molar-refractivity contribution in [3.05, 3.63) is 12.7 Å². The Morgan fingerprint density at radius 3 is 3.05 bits per heavy atom. The molecule has 11 heteroatoms. The number of aromatic nitrogens is 4. The van der Waals surface area contributed by atoms with Gasteiger partial charge >= 0.3 is 13.3 Å². The number of hydrogen-bond acceptors (Lipinski definition) is 8. The van der Waals surface area contributed by atoms with Crippen molar-refractivity contribution in [3.63, 3.8) is 0 Å². The number of nitrogen functional groups attached to an aromatic ring is 1. The quantitative estimate of drug-likeness (QED) is 0.739. The number of hydrogen-bond donors (Lipinski definition) is 2. The fourth-order valence-electron chi connectivity index (χ4n) is 1.82. The van der Waals surface area contributed by atoms with Crippen LogP contribution in [-0.4, -0.2) is 42.8 Å². The Morgan fingerprint density at radius 2 is 2.30 bits per heavy atom. The zero-order valence-electron chi connectivity index (χ0n) is 10.0. The molecule has 2 aromatic rings. The van der Waals surface area contributed by atoms with E-state index >= 15 is 0 Å². The molecule has 0 bridgehead atoms. The molecule has 10 nitrogen and oxygen atoms in total. The summed E-state index contributed by atoms with van der Waals surface area (Å²) < 4.78 is 22.2. The third kappa shape index (κ3) is 2.13. The molecule has 0 radical (unpaired) electrons. The third-order valence-electron chi connectivity index (χ3n) is 2.76. The minimum atomic E-state index is -4.29. The molecule has 0 saturated carbocycles. The summed E-state index contributed by atoms with van der Waals surface area (Å²) in [5.41, 5.74) is 5.31. The number of ether oxygens (including phenoxy) is 1. The second kappa shape index (κ2) is 4.51. The van der Waals surface area contributed by atoms with Gasteiger partial charge in [0, 0.05) is 0 Å². The largest absolute Gasteiger partial charge is 0.449 e. The van der Waals surface area contributed by atoms with Crippen LogP contribution in [0.15, 0.2) is 12.7 Å². The van der Waals surface area contributed by atoms with Crippen molar-refractivity contribution in [2.24, 2.45) is 0 Å². The fraction of sp³-hybridized carbons (Fsp3) is 0.333. The molecule has 3 heterocycles. The van der Waals surface area contributed by atoms with Gasteiger partial charge in [0.1, 0.15) is 17.9 Å². The van der Waals surface area contributed by atoms with Gasteiger partial charge in [-0.1, -0.05) is 0 Å². The molecule has 2 aromatic heterocycles. The highest BCUT2D eigenvalue weighted by Gasteiger charge is 2.40. The maximum Gasteiger partial charge on any atom is 0.436 e. The van der Waals surface area contributed by atoms with Crippen molar-refractivity contribution in [2.45, 2.75) is 12.6 Å². The molecular formula is C9H10N5O5P. The first-order valence-electron chi connectivity index (χ1n) is 5.57. The number of cyclic esters (lactones) is 1. The summed E-state index contributed by atoms with van der Waals surface area (Å²) in [6.45, 7) is -0.00154. The van der Waals surface area contributed by atoms with Gasteiger partial charge in [-0.15, -0.1) is 0 Å². The first-order valence-corrected chi connectivity index (χ1v) is 7.15. The molecule has 0 aromatic carbocycles. The van der Waals surface area contributed by atoms with Gasteiger partial charge in [-0.3, -0.25) is 4.52 Å². The van der Waals surface area contributed by atoms with E-state index in [9.17, 15) is 9.36 Å². The molecule has 1 saturated heterocycles. The molecular weight excluding hydrogens is 289 g/mol. The normalized spacial score (nSPS) is 26.6. The van der Waals surface area contributed by atoms with Crippen LogP contribution in [0, 0.1) is 0 Å². The summed E-state index contributed by atoms with van der Waals surface area (Å²) in [4.78, 5) is 32.2. The van der Waals surface area contributed by atoms with Gasteiger partial charge in [-0.25, -0.2) is 24.3 Å². The smallest absolute Gasteiger partial charge is 0.436 e. The summed E-state index contributed by atoms with van der Waals surface area (Å²) in [5.74, 6) is 0.241. The lowest BCUT2D eigenvalue weighted by Crippen LogP contribution is -2.32. The van der Waals surface area contributed by atoms with Gasteiger partial charge in [-0.2, -0.15) is 0 Å². The average molecular weight is 299 g/mol.